The van der Waals surface area contributed by atoms with E-state index in [0.717, 1.165) is 22.8 Å². The van der Waals surface area contributed by atoms with E-state index in [9.17, 15) is 32.3 Å². The van der Waals surface area contributed by atoms with E-state index < -0.39 is 29.6 Å². The number of aryl methyl sites for hydroxylation is 1. The topological polar surface area (TPSA) is 132 Å². The summed E-state index contributed by atoms with van der Waals surface area (Å²) in [6.45, 7) is 5.00. The van der Waals surface area contributed by atoms with E-state index in [1.54, 1.807) is 53.3 Å². The van der Waals surface area contributed by atoms with Crippen molar-refractivity contribution in [1.29, 1.82) is 0 Å². The average molecular weight is 775 g/mol. The van der Waals surface area contributed by atoms with Crippen LogP contribution < -0.4 is 10.6 Å². The fraction of sp³-hybridized carbons (Fsp3) is 0.286. The summed E-state index contributed by atoms with van der Waals surface area (Å²) in [7, 11) is 0. The highest BCUT2D eigenvalue weighted by molar-refractivity contribution is 6.06. The van der Waals surface area contributed by atoms with Crippen molar-refractivity contribution >= 4 is 35.0 Å². The van der Waals surface area contributed by atoms with Gasteiger partial charge in [-0.25, -0.2) is 9.50 Å². The molecule has 2 N–H and O–H groups in total. The number of halogens is 3. The molecule has 8 rings (SSSR count). The second-order valence-corrected chi connectivity index (χ2v) is 14.4. The summed E-state index contributed by atoms with van der Waals surface area (Å²) in [4.78, 5) is 60.7. The van der Waals surface area contributed by atoms with Crippen LogP contribution in [-0.2, 0) is 35.4 Å². The minimum Gasteiger partial charge on any atom is -0.322 e. The van der Waals surface area contributed by atoms with Crippen LogP contribution in [-0.4, -0.2) is 85.1 Å². The number of piperidine rings is 1. The highest BCUT2D eigenvalue weighted by Gasteiger charge is 2.40. The predicted molar refractivity (Wildman–Crippen MR) is 203 cm³/mol. The van der Waals surface area contributed by atoms with Gasteiger partial charge in [0.1, 0.15) is 11.7 Å². The Balaban J connectivity index is 0.900. The third-order valence-electron chi connectivity index (χ3n) is 10.7. The first kappa shape index (κ1) is 37.5. The maximum atomic E-state index is 14.4. The Kier molecular flexibility index (Phi) is 10.1. The third-order valence-corrected chi connectivity index (χ3v) is 10.7. The number of amides is 4. The number of piperazine rings is 1. The number of carbonyl (C=O) groups excluding carboxylic acids is 4. The number of benzene rings is 3. The van der Waals surface area contributed by atoms with Crippen LogP contribution in [0.1, 0.15) is 72.6 Å². The fourth-order valence-electron chi connectivity index (χ4n) is 7.59. The molecule has 2 saturated heterocycles. The van der Waals surface area contributed by atoms with Crippen LogP contribution in [0.5, 0.6) is 0 Å². The molecule has 2 aromatic heterocycles. The second-order valence-electron chi connectivity index (χ2n) is 14.4. The number of fused-ring (bicyclic) bond motifs is 2. The van der Waals surface area contributed by atoms with Crippen molar-refractivity contribution in [2.24, 2.45) is 0 Å². The Morgan fingerprint density at radius 3 is 2.46 bits per heavy atom. The molecular weight excluding hydrogens is 738 g/mol. The molecule has 290 valence electrons. The largest absolute Gasteiger partial charge is 0.416 e. The number of nitrogens with zero attached hydrogens (tertiary/aromatic N) is 6. The molecule has 3 aliphatic heterocycles. The Labute approximate surface area is 325 Å². The molecule has 12 nitrogen and oxygen atoms in total. The van der Waals surface area contributed by atoms with Crippen LogP contribution in [0.15, 0.2) is 79.1 Å². The SMILES string of the molecule is Cc1ccc(C(=O)Nc2ccc(CN3CCN(Cc4cccc5c4CN(C4CCC(=O)NC4=O)C5=O)CC3)c(C(F)(F)F)c2)cc1C#Cc1cnc2cccnn12. The minimum atomic E-state index is -4.65. The molecule has 0 spiro atoms. The number of carbonyl (C=O) groups is 4. The first-order valence-electron chi connectivity index (χ1n) is 18.5. The van der Waals surface area contributed by atoms with Crippen molar-refractivity contribution < 1.29 is 32.3 Å². The van der Waals surface area contributed by atoms with Crippen LogP contribution in [0.4, 0.5) is 18.9 Å². The summed E-state index contributed by atoms with van der Waals surface area (Å²) in [6, 6.07) is 17.2. The van der Waals surface area contributed by atoms with Crippen molar-refractivity contribution in [3.63, 3.8) is 0 Å². The number of nitrogens with one attached hydrogen (secondary N) is 2. The number of hydrogen-bond acceptors (Lipinski definition) is 8. The Morgan fingerprint density at radius 2 is 1.70 bits per heavy atom. The zero-order valence-corrected chi connectivity index (χ0v) is 30.9. The van der Waals surface area contributed by atoms with E-state index in [-0.39, 0.29) is 54.6 Å². The van der Waals surface area contributed by atoms with Gasteiger partial charge in [0.25, 0.3) is 11.8 Å². The highest BCUT2D eigenvalue weighted by Crippen LogP contribution is 2.35. The maximum Gasteiger partial charge on any atom is 0.416 e. The van der Waals surface area contributed by atoms with Gasteiger partial charge < -0.3 is 10.2 Å². The molecule has 15 heteroatoms. The maximum absolute atomic E-state index is 14.4. The van der Waals surface area contributed by atoms with Gasteiger partial charge in [-0.05, 0) is 84.0 Å². The summed E-state index contributed by atoms with van der Waals surface area (Å²) in [6.07, 6.45) is -0.960. The fourth-order valence-corrected chi connectivity index (χ4v) is 7.59. The van der Waals surface area contributed by atoms with Gasteiger partial charge in [0.05, 0.1) is 11.8 Å². The van der Waals surface area contributed by atoms with E-state index in [0.29, 0.717) is 55.2 Å². The lowest BCUT2D eigenvalue weighted by Gasteiger charge is -2.35. The molecule has 3 aromatic carbocycles. The van der Waals surface area contributed by atoms with Gasteiger partial charge in [-0.3, -0.25) is 34.3 Å². The monoisotopic (exact) mass is 774 g/mol. The van der Waals surface area contributed by atoms with Gasteiger partial charge >= 0.3 is 6.18 Å². The minimum absolute atomic E-state index is 0.0240. The lowest BCUT2D eigenvalue weighted by atomic mass is 10.0. The average Bonchev–Trinajstić information content (AvgIpc) is 3.76. The van der Waals surface area contributed by atoms with Crippen LogP contribution in [0.2, 0.25) is 0 Å². The molecule has 5 aromatic rings. The molecule has 1 atom stereocenters. The van der Waals surface area contributed by atoms with Crippen LogP contribution in [0.3, 0.4) is 0 Å². The second kappa shape index (κ2) is 15.3. The molecule has 2 fully saturated rings. The molecule has 0 radical (unpaired) electrons. The molecular formula is C42H37F3N8O4. The summed E-state index contributed by atoms with van der Waals surface area (Å²) in [5.74, 6) is 4.49. The first-order valence-corrected chi connectivity index (χ1v) is 18.5. The molecule has 0 bridgehead atoms. The smallest absolute Gasteiger partial charge is 0.322 e. The number of anilines is 1. The van der Waals surface area contributed by atoms with Crippen molar-refractivity contribution in [2.45, 2.75) is 51.6 Å². The number of imidazole rings is 1. The number of imide groups is 1. The van der Waals surface area contributed by atoms with Gasteiger partial charge in [0.15, 0.2) is 5.65 Å². The van der Waals surface area contributed by atoms with Crippen LogP contribution >= 0.6 is 0 Å². The summed E-state index contributed by atoms with van der Waals surface area (Å²) in [5.41, 5.74) is 4.53. The molecule has 4 amide bonds. The first-order chi connectivity index (χ1) is 27.4. The molecule has 57 heavy (non-hydrogen) atoms. The Morgan fingerprint density at radius 1 is 0.930 bits per heavy atom. The van der Waals surface area contributed by atoms with Crippen molar-refractivity contribution in [3.05, 3.63) is 129 Å². The normalized spacial score (nSPS) is 17.6. The van der Waals surface area contributed by atoms with Crippen LogP contribution in [0.25, 0.3) is 5.65 Å². The van der Waals surface area contributed by atoms with Crippen molar-refractivity contribution in [3.8, 4) is 11.8 Å². The van der Waals surface area contributed by atoms with Gasteiger partial charge in [-0.2, -0.15) is 18.3 Å². The Hall–Kier alpha value is -6.37. The van der Waals surface area contributed by atoms with E-state index in [2.05, 4.69) is 37.5 Å². The third kappa shape index (κ3) is 7.87. The number of hydrogen-bond donors (Lipinski definition) is 2. The molecule has 3 aliphatic rings. The lowest BCUT2D eigenvalue weighted by Crippen LogP contribution is -2.52. The number of rotatable bonds is 7. The van der Waals surface area contributed by atoms with Crippen molar-refractivity contribution in [1.82, 2.24) is 34.6 Å². The lowest BCUT2D eigenvalue weighted by molar-refractivity contribution is -0.139. The number of alkyl halides is 3. The van der Waals surface area contributed by atoms with E-state index in [1.165, 1.54) is 17.0 Å². The van der Waals surface area contributed by atoms with E-state index >= 15 is 0 Å². The van der Waals surface area contributed by atoms with Crippen molar-refractivity contribution in [2.75, 3.05) is 31.5 Å². The van der Waals surface area contributed by atoms with Crippen LogP contribution in [0, 0.1) is 18.8 Å². The predicted octanol–water partition coefficient (Wildman–Crippen LogP) is 4.79. The quantitative estimate of drug-likeness (QED) is 0.179. The standard InChI is InChI=1S/C42H37F3N8O4/c1-26-7-8-28(20-27(26)10-12-32-22-46-37-6-3-15-47-53(32)37)39(55)48-31-11-9-30(35(21-31)42(43,44)45)24-51-18-16-50(17-19-51)23-29-4-2-5-33-34(29)25-52(41(33)57)36-13-14-38(54)49-40(36)56/h2-9,11,15,20-22,36H,13-14,16-19,23-25H2,1H3,(H,48,55)(H,49,54,56). The molecule has 0 aliphatic carbocycles. The van der Waals surface area contributed by atoms with Gasteiger partial charge in [-0.15, -0.1) is 0 Å². The zero-order valence-electron chi connectivity index (χ0n) is 30.9. The molecule has 5 heterocycles. The van der Waals surface area contributed by atoms with Gasteiger partial charge in [0, 0.05) is 80.8 Å². The highest BCUT2D eigenvalue weighted by atomic mass is 19.4. The van der Waals surface area contributed by atoms with E-state index in [4.69, 9.17) is 0 Å². The summed E-state index contributed by atoms with van der Waals surface area (Å²) < 4.78 is 44.9. The summed E-state index contributed by atoms with van der Waals surface area (Å²) in [5, 5.41) is 9.21. The van der Waals surface area contributed by atoms with Gasteiger partial charge in [0.2, 0.25) is 11.8 Å². The zero-order chi connectivity index (χ0) is 39.8. The summed E-state index contributed by atoms with van der Waals surface area (Å²) >= 11 is 0. The molecule has 1 unspecified atom stereocenters. The van der Waals surface area contributed by atoms with E-state index in [1.807, 2.05) is 24.0 Å². The molecule has 0 saturated carbocycles. The Bertz CT molecular complexity index is 2500. The van der Waals surface area contributed by atoms with Gasteiger partial charge in [-0.1, -0.05) is 30.2 Å². The number of aromatic nitrogens is 3.